The van der Waals surface area contributed by atoms with Gasteiger partial charge in [0.1, 0.15) is 5.54 Å². The zero-order valence-electron chi connectivity index (χ0n) is 14.9. The molecule has 1 aromatic heterocycles. The molecule has 0 aliphatic carbocycles. The Hall–Kier alpha value is -2.15. The zero-order valence-corrected chi connectivity index (χ0v) is 15.7. The Morgan fingerprint density at radius 3 is 2.81 bits per heavy atom. The number of fused-ring (bicyclic) bond motifs is 1. The van der Waals surface area contributed by atoms with E-state index in [1.807, 2.05) is 32.0 Å². The lowest BCUT2D eigenvalue weighted by molar-refractivity contribution is 0.387. The molecular weight excluding hydrogens is 349 g/mol. The summed E-state index contributed by atoms with van der Waals surface area (Å²) in [5, 5.41) is 0.620. The summed E-state index contributed by atoms with van der Waals surface area (Å²) in [6.07, 6.45) is 1.28. The van der Waals surface area contributed by atoms with E-state index in [1.54, 1.807) is 11.8 Å². The first-order chi connectivity index (χ1) is 12.5. The minimum atomic E-state index is -0.396. The van der Waals surface area contributed by atoms with Crippen molar-refractivity contribution in [3.63, 3.8) is 0 Å². The van der Waals surface area contributed by atoms with Gasteiger partial charge in [-0.05, 0) is 11.5 Å². The summed E-state index contributed by atoms with van der Waals surface area (Å²) in [5.74, 6) is 1.43. The molecule has 1 saturated heterocycles. The second-order valence-electron chi connectivity index (χ2n) is 7.19. The molecule has 7 heteroatoms. The topological polar surface area (TPSA) is 67.4 Å². The van der Waals surface area contributed by atoms with E-state index >= 15 is 0 Å². The number of nitrogens with zero attached hydrogens (tertiary/aromatic N) is 4. The summed E-state index contributed by atoms with van der Waals surface area (Å²) >= 11 is 1.60. The lowest BCUT2D eigenvalue weighted by Gasteiger charge is -2.34. The molecule has 2 N–H and O–H groups in total. The number of nitrogens with two attached hydrogens (primary N) is 1. The third kappa shape index (κ3) is 2.84. The zero-order chi connectivity index (χ0) is 18.3. The average molecular weight is 371 g/mol. The maximum atomic E-state index is 14.0. The molecule has 0 spiro atoms. The summed E-state index contributed by atoms with van der Waals surface area (Å²) < 4.78 is 14.0. The number of benzene rings is 1. The largest absolute Gasteiger partial charge is 0.379 e. The molecule has 0 bridgehead atoms. The van der Waals surface area contributed by atoms with E-state index in [-0.39, 0.29) is 11.7 Å². The van der Waals surface area contributed by atoms with Crippen molar-refractivity contribution in [2.45, 2.75) is 25.3 Å². The lowest BCUT2D eigenvalue weighted by atomic mass is 9.82. The second-order valence-corrected chi connectivity index (χ2v) is 8.23. The van der Waals surface area contributed by atoms with Crippen LogP contribution in [0.3, 0.4) is 0 Å². The highest BCUT2D eigenvalue weighted by molar-refractivity contribution is 8.13. The van der Waals surface area contributed by atoms with Crippen LogP contribution >= 0.6 is 11.8 Å². The van der Waals surface area contributed by atoms with Crippen molar-refractivity contribution in [2.24, 2.45) is 16.6 Å². The van der Waals surface area contributed by atoms with Crippen molar-refractivity contribution in [1.82, 2.24) is 9.97 Å². The van der Waals surface area contributed by atoms with Crippen LogP contribution in [0.15, 0.2) is 41.5 Å². The standard InChI is InChI=1S/C19H22FN5S/c1-12(2)16-15(20)8-22-18(23-16)25-9-14-10-26-17(21)24-19(14,11-25)13-6-4-3-5-7-13/h3-8,12,14H,9-11H2,1-2H3,(H2,21,24)/t14-,19?/m0/s1. The minimum absolute atomic E-state index is 0.00827. The lowest BCUT2D eigenvalue weighted by Crippen LogP contribution is -2.40. The van der Waals surface area contributed by atoms with Gasteiger partial charge in [0, 0.05) is 18.2 Å². The van der Waals surface area contributed by atoms with E-state index < -0.39 is 5.54 Å². The molecule has 0 amide bonds. The Morgan fingerprint density at radius 2 is 2.08 bits per heavy atom. The predicted molar refractivity (Wildman–Crippen MR) is 104 cm³/mol. The fraction of sp³-hybridized carbons (Fsp3) is 0.421. The highest BCUT2D eigenvalue weighted by atomic mass is 32.2. The third-order valence-electron chi connectivity index (χ3n) is 5.15. The molecule has 5 nitrogen and oxygen atoms in total. The normalized spacial score (nSPS) is 25.3. The molecule has 2 aliphatic heterocycles. The second kappa shape index (κ2) is 6.54. The number of thioether (sulfide) groups is 1. The maximum absolute atomic E-state index is 14.0. The molecule has 2 aliphatic rings. The van der Waals surface area contributed by atoms with Crippen LogP contribution in [-0.2, 0) is 5.54 Å². The van der Waals surface area contributed by atoms with Crippen LogP contribution in [-0.4, -0.2) is 34.0 Å². The Morgan fingerprint density at radius 1 is 1.31 bits per heavy atom. The monoisotopic (exact) mass is 371 g/mol. The van der Waals surface area contributed by atoms with E-state index in [1.165, 1.54) is 6.20 Å². The van der Waals surface area contributed by atoms with Crippen molar-refractivity contribution in [3.8, 4) is 0 Å². The molecular formula is C19H22FN5S. The third-order valence-corrected chi connectivity index (χ3v) is 6.11. The Balaban J connectivity index is 1.74. The van der Waals surface area contributed by atoms with Gasteiger partial charge in [0.2, 0.25) is 5.95 Å². The van der Waals surface area contributed by atoms with Gasteiger partial charge in [-0.2, -0.15) is 0 Å². The van der Waals surface area contributed by atoms with Gasteiger partial charge in [-0.25, -0.2) is 19.4 Å². The van der Waals surface area contributed by atoms with E-state index in [0.29, 0.717) is 29.3 Å². The van der Waals surface area contributed by atoms with Gasteiger partial charge in [-0.1, -0.05) is 55.9 Å². The minimum Gasteiger partial charge on any atom is -0.379 e. The average Bonchev–Trinajstić information content (AvgIpc) is 3.02. The molecule has 26 heavy (non-hydrogen) atoms. The van der Waals surface area contributed by atoms with Gasteiger partial charge in [-0.3, -0.25) is 0 Å². The van der Waals surface area contributed by atoms with Gasteiger partial charge in [-0.15, -0.1) is 0 Å². The van der Waals surface area contributed by atoms with Gasteiger partial charge < -0.3 is 10.6 Å². The molecule has 0 radical (unpaired) electrons. The van der Waals surface area contributed by atoms with Crippen molar-refractivity contribution in [2.75, 3.05) is 23.7 Å². The summed E-state index contributed by atoms with van der Waals surface area (Å²) in [5.41, 5.74) is 7.31. The van der Waals surface area contributed by atoms with E-state index in [9.17, 15) is 4.39 Å². The fourth-order valence-corrected chi connectivity index (χ4v) is 4.81. The summed E-state index contributed by atoms with van der Waals surface area (Å²) in [4.78, 5) is 15.8. The van der Waals surface area contributed by atoms with Crippen molar-refractivity contribution < 1.29 is 4.39 Å². The summed E-state index contributed by atoms with van der Waals surface area (Å²) in [6, 6.07) is 10.3. The van der Waals surface area contributed by atoms with Crippen LogP contribution < -0.4 is 10.6 Å². The molecule has 1 aromatic carbocycles. The van der Waals surface area contributed by atoms with Gasteiger partial charge in [0.15, 0.2) is 11.0 Å². The van der Waals surface area contributed by atoms with Gasteiger partial charge in [0.25, 0.3) is 0 Å². The number of aliphatic imine (C=N–C) groups is 1. The highest BCUT2D eigenvalue weighted by Gasteiger charge is 2.50. The Labute approximate surface area is 156 Å². The van der Waals surface area contributed by atoms with Crippen LogP contribution in [0.1, 0.15) is 31.0 Å². The van der Waals surface area contributed by atoms with Gasteiger partial charge in [0.05, 0.1) is 18.4 Å². The van der Waals surface area contributed by atoms with E-state index in [0.717, 1.165) is 17.9 Å². The first kappa shape index (κ1) is 17.3. The van der Waals surface area contributed by atoms with E-state index in [4.69, 9.17) is 10.7 Å². The van der Waals surface area contributed by atoms with Crippen LogP contribution in [0.25, 0.3) is 0 Å². The van der Waals surface area contributed by atoms with Crippen LogP contribution in [0.5, 0.6) is 0 Å². The first-order valence-electron chi connectivity index (χ1n) is 8.80. The number of amidine groups is 1. The van der Waals surface area contributed by atoms with Crippen LogP contribution in [0, 0.1) is 11.7 Å². The Bertz CT molecular complexity index is 841. The fourth-order valence-electron chi connectivity index (χ4n) is 3.83. The number of aromatic nitrogens is 2. The Kier molecular flexibility index (Phi) is 4.34. The highest BCUT2D eigenvalue weighted by Crippen LogP contribution is 2.46. The predicted octanol–water partition coefficient (Wildman–Crippen LogP) is 3.13. The van der Waals surface area contributed by atoms with Crippen LogP contribution in [0.2, 0.25) is 0 Å². The first-order valence-corrected chi connectivity index (χ1v) is 9.79. The van der Waals surface area contributed by atoms with E-state index in [2.05, 4.69) is 27.0 Å². The number of hydrogen-bond donors (Lipinski definition) is 1. The van der Waals surface area contributed by atoms with Crippen molar-refractivity contribution >= 4 is 22.9 Å². The number of hydrogen-bond acceptors (Lipinski definition) is 6. The number of halogens is 1. The molecule has 1 unspecified atom stereocenters. The molecule has 3 heterocycles. The molecule has 4 rings (SSSR count). The molecule has 2 atom stereocenters. The molecule has 1 fully saturated rings. The van der Waals surface area contributed by atoms with Gasteiger partial charge >= 0.3 is 0 Å². The number of anilines is 1. The summed E-state index contributed by atoms with van der Waals surface area (Å²) in [7, 11) is 0. The molecule has 2 aromatic rings. The van der Waals surface area contributed by atoms with Crippen molar-refractivity contribution in [3.05, 3.63) is 53.6 Å². The number of rotatable bonds is 3. The van der Waals surface area contributed by atoms with Crippen LogP contribution in [0.4, 0.5) is 10.3 Å². The quantitative estimate of drug-likeness (QED) is 0.898. The SMILES string of the molecule is CC(C)c1nc(N2C[C@H]3CSC(N)=NC3(c3ccccc3)C2)ncc1F. The van der Waals surface area contributed by atoms with Crippen molar-refractivity contribution in [1.29, 1.82) is 0 Å². The molecule has 0 saturated carbocycles. The smallest absolute Gasteiger partial charge is 0.225 e. The maximum Gasteiger partial charge on any atom is 0.225 e. The summed E-state index contributed by atoms with van der Waals surface area (Å²) in [6.45, 7) is 5.30. The molecule has 136 valence electrons.